The van der Waals surface area contributed by atoms with Crippen LogP contribution in [0.25, 0.3) is 0 Å². The number of carbonyl (C=O) groups is 1. The predicted octanol–water partition coefficient (Wildman–Crippen LogP) is 2.16. The molecule has 0 saturated carbocycles. The highest BCUT2D eigenvalue weighted by molar-refractivity contribution is 6.74. The first-order chi connectivity index (χ1) is 9.46. The minimum absolute atomic E-state index is 0.124. The van der Waals surface area contributed by atoms with Gasteiger partial charge in [0.25, 0.3) is 0 Å². The Kier molecular flexibility index (Phi) is 7.68. The molecule has 0 heterocycles. The summed E-state index contributed by atoms with van der Waals surface area (Å²) in [5, 5.41) is 0.124. The summed E-state index contributed by atoms with van der Waals surface area (Å²) >= 11 is 0. The maximum atomic E-state index is 11.9. The minimum atomic E-state index is -1.90. The van der Waals surface area contributed by atoms with Gasteiger partial charge in [0.05, 0.1) is 19.1 Å². The Morgan fingerprint density at radius 1 is 1.33 bits per heavy atom. The highest BCUT2D eigenvalue weighted by Gasteiger charge is 2.39. The minimum Gasteiger partial charge on any atom is -0.469 e. The Morgan fingerprint density at radius 2 is 1.86 bits per heavy atom. The van der Waals surface area contributed by atoms with E-state index in [-0.39, 0.29) is 28.9 Å². The average molecular weight is 316 g/mol. The second kappa shape index (κ2) is 7.99. The lowest BCUT2D eigenvalue weighted by molar-refractivity contribution is -0.379. The summed E-state index contributed by atoms with van der Waals surface area (Å²) in [5.74, 6) is -0.137. The lowest BCUT2D eigenvalue weighted by Crippen LogP contribution is -2.63. The van der Waals surface area contributed by atoms with Gasteiger partial charge in [0.2, 0.25) is 0 Å². The van der Waals surface area contributed by atoms with Gasteiger partial charge in [-0.1, -0.05) is 34.6 Å². The van der Waals surface area contributed by atoms with Crippen molar-refractivity contribution in [2.45, 2.75) is 65.3 Å². The third-order valence-corrected chi connectivity index (χ3v) is 8.86. The van der Waals surface area contributed by atoms with Crippen LogP contribution in [0.4, 0.5) is 0 Å². The van der Waals surface area contributed by atoms with E-state index in [1.165, 1.54) is 7.11 Å². The predicted molar refractivity (Wildman–Crippen MR) is 89.4 cm³/mol. The van der Waals surface area contributed by atoms with Crippen molar-refractivity contribution < 1.29 is 18.9 Å². The molecule has 0 amide bonds. The van der Waals surface area contributed by atoms with Gasteiger partial charge in [-0.2, -0.15) is 0 Å². The molecule has 124 valence electrons. The molecule has 4 nitrogen and oxygen atoms in total. The van der Waals surface area contributed by atoms with Crippen LogP contribution in [-0.2, 0) is 14.0 Å². The molecule has 0 saturated heterocycles. The normalized spacial score (nSPS) is 16.2. The molecule has 2 atom stereocenters. The van der Waals surface area contributed by atoms with E-state index >= 15 is 0 Å². The summed E-state index contributed by atoms with van der Waals surface area (Å²) in [6.45, 7) is 15.1. The van der Waals surface area contributed by atoms with Gasteiger partial charge >= 0.3 is 5.97 Å². The Bertz CT molecular complexity index is 359. The van der Waals surface area contributed by atoms with Crippen LogP contribution in [0, 0.1) is 18.9 Å². The number of nitrogens with one attached hydrogen (secondary N) is 1. The number of carbonyl (C=O) groups excluding carboxylic acids is 1. The average Bonchev–Trinajstić information content (AvgIpc) is 2.32. The van der Waals surface area contributed by atoms with Gasteiger partial charge in [0, 0.05) is 6.21 Å². The van der Waals surface area contributed by atoms with Crippen LogP contribution < -0.4 is 4.99 Å². The molecule has 0 bridgehead atoms. The van der Waals surface area contributed by atoms with Crippen molar-refractivity contribution in [3.05, 3.63) is 7.05 Å². The van der Waals surface area contributed by atoms with Crippen molar-refractivity contribution in [2.75, 3.05) is 7.11 Å². The van der Waals surface area contributed by atoms with Crippen LogP contribution in [0.3, 0.4) is 0 Å². The van der Waals surface area contributed by atoms with Gasteiger partial charge in [-0.05, 0) is 37.5 Å². The van der Waals surface area contributed by atoms with Crippen molar-refractivity contribution in [1.82, 2.24) is 0 Å². The molecule has 0 rings (SSSR count). The van der Waals surface area contributed by atoms with Gasteiger partial charge in [-0.3, -0.25) is 4.79 Å². The number of hydrogen-bond donors (Lipinski definition) is 1. The second-order valence-corrected chi connectivity index (χ2v) is 12.2. The summed E-state index contributed by atoms with van der Waals surface area (Å²) in [6.07, 6.45) is 2.30. The standard InChI is InChI=1S/C16H33NO3Si/c1-12(2)14(15(18)19-7)10-13(11-17-6)20-21(8,9)16(3,4)5/h11-14,17H,6,10H2,1-5,7-9H3/b17-11+/t13-,14-/m0/s1. The van der Waals surface area contributed by atoms with E-state index < -0.39 is 8.32 Å². The van der Waals surface area contributed by atoms with Crippen molar-refractivity contribution in [3.8, 4) is 0 Å². The number of rotatable bonds is 7. The molecule has 0 radical (unpaired) electrons. The van der Waals surface area contributed by atoms with E-state index in [9.17, 15) is 4.79 Å². The molecule has 0 unspecified atom stereocenters. The molecular weight excluding hydrogens is 282 g/mol. The van der Waals surface area contributed by atoms with Crippen LogP contribution >= 0.6 is 0 Å². The highest BCUT2D eigenvalue weighted by Crippen LogP contribution is 2.38. The number of hydrogen-bond acceptors (Lipinski definition) is 3. The monoisotopic (exact) mass is 315 g/mol. The molecule has 0 aromatic rings. The fraction of sp³-hybridized carbons (Fsp3) is 0.812. The van der Waals surface area contributed by atoms with E-state index in [0.717, 1.165) is 0 Å². The van der Waals surface area contributed by atoms with Crippen molar-refractivity contribution in [2.24, 2.45) is 11.8 Å². The van der Waals surface area contributed by atoms with E-state index in [2.05, 4.69) is 45.9 Å². The number of esters is 1. The maximum absolute atomic E-state index is 11.9. The zero-order chi connectivity index (χ0) is 16.8. The lowest BCUT2D eigenvalue weighted by Gasteiger charge is -2.39. The molecule has 0 aliphatic heterocycles. The molecule has 0 aromatic heterocycles. The van der Waals surface area contributed by atoms with Crippen molar-refractivity contribution >= 4 is 20.5 Å². The van der Waals surface area contributed by atoms with E-state index in [0.29, 0.717) is 6.42 Å². The van der Waals surface area contributed by atoms with E-state index in [4.69, 9.17) is 9.16 Å². The fourth-order valence-electron chi connectivity index (χ4n) is 1.88. The van der Waals surface area contributed by atoms with Crippen molar-refractivity contribution in [1.29, 1.82) is 0 Å². The van der Waals surface area contributed by atoms with Crippen LogP contribution in [0.5, 0.6) is 0 Å². The van der Waals surface area contributed by atoms with E-state index in [1.54, 1.807) is 0 Å². The topological polar surface area (TPSA) is 49.5 Å². The molecular formula is C16H33NO3Si. The van der Waals surface area contributed by atoms with E-state index in [1.807, 2.05) is 20.1 Å². The molecule has 1 N–H and O–H groups in total. The largest absolute Gasteiger partial charge is 0.469 e. The maximum Gasteiger partial charge on any atom is 0.308 e. The van der Waals surface area contributed by atoms with Gasteiger partial charge in [-0.25, -0.2) is 0 Å². The lowest BCUT2D eigenvalue weighted by atomic mass is 9.90. The molecule has 21 heavy (non-hydrogen) atoms. The first-order valence-electron chi connectivity index (χ1n) is 7.58. The van der Waals surface area contributed by atoms with Gasteiger partial charge in [0.15, 0.2) is 8.32 Å². The molecule has 0 spiro atoms. The Labute approximate surface area is 131 Å². The van der Waals surface area contributed by atoms with Gasteiger partial charge in [-0.15, -0.1) is 0 Å². The first kappa shape index (κ1) is 20.2. The molecule has 0 aliphatic carbocycles. The summed E-state index contributed by atoms with van der Waals surface area (Å²) in [7, 11) is 3.18. The Hall–Kier alpha value is -0.813. The number of methoxy groups -OCH3 is 1. The van der Waals surface area contributed by atoms with Crippen LogP contribution in [0.15, 0.2) is 0 Å². The fourth-order valence-corrected chi connectivity index (χ4v) is 3.15. The Balaban J connectivity index is 5.11. The summed E-state index contributed by atoms with van der Waals surface area (Å²) in [4.78, 5) is 14.8. The van der Waals surface area contributed by atoms with Crippen LogP contribution in [0.2, 0.25) is 18.1 Å². The third kappa shape index (κ3) is 6.22. The summed E-state index contributed by atoms with van der Waals surface area (Å²) in [6, 6.07) is 0. The van der Waals surface area contributed by atoms with Crippen LogP contribution in [0.1, 0.15) is 41.0 Å². The number of ether oxygens (including phenoxy) is 1. The van der Waals surface area contributed by atoms with Crippen LogP contribution in [-0.4, -0.2) is 33.7 Å². The zero-order valence-corrected chi connectivity index (χ0v) is 15.9. The smallest absolute Gasteiger partial charge is 0.308 e. The SMILES string of the molecule is [CH2-]/[NH+]=C/[C@H](C[C@H](C(=O)OC)C(C)C)O[Si](C)(C)C(C)(C)C. The Morgan fingerprint density at radius 3 is 2.19 bits per heavy atom. The second-order valence-electron chi connectivity index (χ2n) is 7.40. The zero-order valence-electron chi connectivity index (χ0n) is 14.9. The summed E-state index contributed by atoms with van der Waals surface area (Å²) < 4.78 is 11.3. The van der Waals surface area contributed by atoms with Gasteiger partial charge in [0.1, 0.15) is 0 Å². The van der Waals surface area contributed by atoms with Gasteiger partial charge < -0.3 is 14.2 Å². The third-order valence-electron chi connectivity index (χ3n) is 4.35. The quantitative estimate of drug-likeness (QED) is 0.339. The molecule has 0 aliphatic rings. The molecule has 5 heteroatoms. The van der Waals surface area contributed by atoms with Crippen molar-refractivity contribution in [3.63, 3.8) is 0 Å². The molecule has 0 aromatic carbocycles. The molecule has 0 fully saturated rings. The highest BCUT2D eigenvalue weighted by atomic mass is 28.4. The summed E-state index contributed by atoms with van der Waals surface area (Å²) in [5.41, 5.74) is 0. The first-order valence-corrected chi connectivity index (χ1v) is 10.5.